The number of benzene rings is 1. The summed E-state index contributed by atoms with van der Waals surface area (Å²) in [5, 5.41) is 11.5. The molecule has 0 fully saturated rings. The first kappa shape index (κ1) is 14.8. The van der Waals surface area contributed by atoms with Crippen molar-refractivity contribution in [3.63, 3.8) is 0 Å². The fourth-order valence-electron chi connectivity index (χ4n) is 1.65. The van der Waals surface area contributed by atoms with Gasteiger partial charge in [0.15, 0.2) is 0 Å². The molecule has 0 aliphatic heterocycles. The van der Waals surface area contributed by atoms with Crippen molar-refractivity contribution < 1.29 is 19.4 Å². The molecule has 19 heavy (non-hydrogen) atoms. The van der Waals surface area contributed by atoms with Gasteiger partial charge in [-0.05, 0) is 5.56 Å². The predicted molar refractivity (Wildman–Crippen MR) is 71.0 cm³/mol. The summed E-state index contributed by atoms with van der Waals surface area (Å²) in [7, 11) is 0. The van der Waals surface area contributed by atoms with Crippen LogP contribution in [0.2, 0.25) is 0 Å². The highest BCUT2D eigenvalue weighted by Gasteiger charge is 2.27. The van der Waals surface area contributed by atoms with Crippen LogP contribution in [-0.4, -0.2) is 29.8 Å². The Kier molecular flexibility index (Phi) is 5.60. The minimum Gasteiger partial charge on any atom is -0.480 e. The molecule has 5 nitrogen and oxygen atoms in total. The minimum absolute atomic E-state index is 0.0396. The van der Waals surface area contributed by atoms with Crippen molar-refractivity contribution in [3.8, 4) is 0 Å². The lowest BCUT2D eigenvalue weighted by molar-refractivity contribution is -0.139. The Morgan fingerprint density at radius 2 is 2.05 bits per heavy atom. The molecule has 1 aromatic carbocycles. The summed E-state index contributed by atoms with van der Waals surface area (Å²) < 4.78 is 4.73. The van der Waals surface area contributed by atoms with Crippen LogP contribution in [0.25, 0.3) is 0 Å². The molecule has 0 saturated carbocycles. The van der Waals surface area contributed by atoms with Crippen LogP contribution in [-0.2, 0) is 9.53 Å². The maximum absolute atomic E-state index is 11.4. The van der Waals surface area contributed by atoms with Crippen LogP contribution in [0.4, 0.5) is 4.79 Å². The Balaban J connectivity index is 2.75. The summed E-state index contributed by atoms with van der Waals surface area (Å²) in [6.45, 7) is 5.19. The summed E-state index contributed by atoms with van der Waals surface area (Å²) in [6.07, 6.45) is 0.644. The van der Waals surface area contributed by atoms with Gasteiger partial charge in [0.2, 0.25) is 0 Å². The van der Waals surface area contributed by atoms with Gasteiger partial charge in [0.25, 0.3) is 0 Å². The monoisotopic (exact) mass is 263 g/mol. The highest BCUT2D eigenvalue weighted by Crippen LogP contribution is 2.19. The van der Waals surface area contributed by atoms with Crippen molar-refractivity contribution in [1.29, 1.82) is 0 Å². The zero-order valence-electron chi connectivity index (χ0n) is 10.7. The van der Waals surface area contributed by atoms with Gasteiger partial charge in [-0.15, -0.1) is 0 Å². The molecule has 0 radical (unpaired) electrons. The first-order valence-corrected chi connectivity index (χ1v) is 5.88. The molecule has 0 heterocycles. The highest BCUT2D eigenvalue weighted by atomic mass is 16.5. The van der Waals surface area contributed by atoms with Crippen LogP contribution in [0.3, 0.4) is 0 Å². The minimum atomic E-state index is -1.10. The maximum Gasteiger partial charge on any atom is 0.408 e. The number of nitrogens with one attached hydrogen (secondary N) is 1. The van der Waals surface area contributed by atoms with Crippen molar-refractivity contribution in [2.45, 2.75) is 18.9 Å². The van der Waals surface area contributed by atoms with Crippen LogP contribution < -0.4 is 5.32 Å². The largest absolute Gasteiger partial charge is 0.480 e. The van der Waals surface area contributed by atoms with Gasteiger partial charge in [-0.25, -0.2) is 9.59 Å². The van der Waals surface area contributed by atoms with Gasteiger partial charge >= 0.3 is 12.1 Å². The molecule has 2 N–H and O–H groups in total. The van der Waals surface area contributed by atoms with Crippen molar-refractivity contribution in [1.82, 2.24) is 5.32 Å². The molecule has 0 saturated heterocycles. The summed E-state index contributed by atoms with van der Waals surface area (Å²) >= 11 is 0. The normalized spacial score (nSPS) is 13.1. The molecular formula is C14H17NO4. The number of carbonyl (C=O) groups excluding carboxylic acids is 1. The fraction of sp³-hybridized carbons (Fsp3) is 0.286. The zero-order chi connectivity index (χ0) is 14.3. The molecule has 0 aromatic heterocycles. The van der Waals surface area contributed by atoms with E-state index in [9.17, 15) is 14.7 Å². The van der Waals surface area contributed by atoms with Gasteiger partial charge in [-0.1, -0.05) is 49.9 Å². The first-order chi connectivity index (χ1) is 9.06. The molecule has 5 heteroatoms. The van der Waals surface area contributed by atoms with Gasteiger partial charge in [-0.3, -0.25) is 0 Å². The molecule has 2 unspecified atom stereocenters. The SMILES string of the molecule is C=CCOC(=O)NC(C(=O)O)C(C)c1ccccc1. The van der Waals surface area contributed by atoms with E-state index in [2.05, 4.69) is 11.9 Å². The number of hydrogen-bond acceptors (Lipinski definition) is 3. The van der Waals surface area contributed by atoms with E-state index in [-0.39, 0.29) is 12.5 Å². The third-order valence-electron chi connectivity index (χ3n) is 2.70. The number of carboxylic acid groups (broad SMARTS) is 1. The summed E-state index contributed by atoms with van der Waals surface area (Å²) in [4.78, 5) is 22.6. The van der Waals surface area contributed by atoms with Crippen molar-refractivity contribution >= 4 is 12.1 Å². The van der Waals surface area contributed by atoms with E-state index in [1.807, 2.05) is 30.3 Å². The molecule has 0 aliphatic carbocycles. The van der Waals surface area contributed by atoms with E-state index in [4.69, 9.17) is 4.74 Å². The van der Waals surface area contributed by atoms with Crippen LogP contribution >= 0.6 is 0 Å². The van der Waals surface area contributed by atoms with Crippen LogP contribution in [0.15, 0.2) is 43.0 Å². The molecular weight excluding hydrogens is 246 g/mol. The third-order valence-corrected chi connectivity index (χ3v) is 2.70. The maximum atomic E-state index is 11.4. The lowest BCUT2D eigenvalue weighted by Crippen LogP contribution is -2.44. The average Bonchev–Trinajstić information content (AvgIpc) is 2.42. The smallest absolute Gasteiger partial charge is 0.408 e. The zero-order valence-corrected chi connectivity index (χ0v) is 10.7. The lowest BCUT2D eigenvalue weighted by Gasteiger charge is -2.21. The number of aliphatic carboxylic acids is 1. The average molecular weight is 263 g/mol. The Morgan fingerprint density at radius 3 is 2.58 bits per heavy atom. The van der Waals surface area contributed by atoms with E-state index >= 15 is 0 Å². The Bertz CT molecular complexity index is 444. The van der Waals surface area contributed by atoms with Gasteiger partial charge in [0.1, 0.15) is 12.6 Å². The Hall–Kier alpha value is -2.30. The molecule has 2 atom stereocenters. The van der Waals surface area contributed by atoms with Crippen molar-refractivity contribution in [2.75, 3.05) is 6.61 Å². The van der Waals surface area contributed by atoms with E-state index in [0.29, 0.717) is 0 Å². The fourth-order valence-corrected chi connectivity index (χ4v) is 1.65. The first-order valence-electron chi connectivity index (χ1n) is 5.88. The molecule has 1 amide bonds. The second-order valence-electron chi connectivity index (χ2n) is 4.05. The highest BCUT2D eigenvalue weighted by molar-refractivity contribution is 5.81. The topological polar surface area (TPSA) is 75.6 Å². The predicted octanol–water partition coefficient (Wildman–Crippen LogP) is 2.16. The van der Waals surface area contributed by atoms with Crippen molar-refractivity contribution in [2.24, 2.45) is 0 Å². The van der Waals surface area contributed by atoms with Gasteiger partial charge in [-0.2, -0.15) is 0 Å². The molecule has 1 rings (SSSR count). The van der Waals surface area contributed by atoms with Gasteiger partial charge < -0.3 is 15.2 Å². The molecule has 102 valence electrons. The Labute approximate surface area is 111 Å². The standard InChI is InChI=1S/C14H17NO4/c1-3-9-19-14(18)15-12(13(16)17)10(2)11-7-5-4-6-8-11/h3-8,10,12H,1,9H2,2H3,(H,15,18)(H,16,17). The number of carboxylic acids is 1. The van der Waals surface area contributed by atoms with Crippen molar-refractivity contribution in [3.05, 3.63) is 48.6 Å². The number of carbonyl (C=O) groups is 2. The van der Waals surface area contributed by atoms with Gasteiger partial charge in [0, 0.05) is 5.92 Å². The summed E-state index contributed by atoms with van der Waals surface area (Å²) in [6, 6.07) is 8.08. The van der Waals surface area contributed by atoms with Crippen LogP contribution in [0.1, 0.15) is 18.4 Å². The number of rotatable bonds is 6. The van der Waals surface area contributed by atoms with E-state index in [1.165, 1.54) is 6.08 Å². The molecule has 0 spiro atoms. The third kappa shape index (κ3) is 4.46. The second kappa shape index (κ2) is 7.20. The summed E-state index contributed by atoms with van der Waals surface area (Å²) in [5.41, 5.74) is 0.832. The van der Waals surface area contributed by atoms with Crippen LogP contribution in [0.5, 0.6) is 0 Å². The second-order valence-corrected chi connectivity index (χ2v) is 4.05. The lowest BCUT2D eigenvalue weighted by atomic mass is 9.93. The molecule has 1 aromatic rings. The number of hydrogen-bond donors (Lipinski definition) is 2. The Morgan fingerprint density at radius 1 is 1.42 bits per heavy atom. The van der Waals surface area contributed by atoms with Crippen LogP contribution in [0, 0.1) is 0 Å². The summed E-state index contributed by atoms with van der Waals surface area (Å²) in [5.74, 6) is -1.47. The molecule has 0 bridgehead atoms. The van der Waals surface area contributed by atoms with Gasteiger partial charge in [0.05, 0.1) is 0 Å². The van der Waals surface area contributed by atoms with E-state index in [1.54, 1.807) is 6.92 Å². The van der Waals surface area contributed by atoms with E-state index in [0.717, 1.165) is 5.56 Å². The van der Waals surface area contributed by atoms with E-state index < -0.39 is 18.1 Å². The number of amides is 1. The quantitative estimate of drug-likeness (QED) is 0.771. The molecule has 0 aliphatic rings. The number of ether oxygens (including phenoxy) is 1. The number of alkyl carbamates (subject to hydrolysis) is 1.